The van der Waals surface area contributed by atoms with E-state index >= 15 is 0 Å². The van der Waals surface area contributed by atoms with E-state index in [4.69, 9.17) is 4.52 Å². The molecule has 0 bridgehead atoms. The topological polar surface area (TPSA) is 97.1 Å². The van der Waals surface area contributed by atoms with E-state index < -0.39 is 0 Å². The van der Waals surface area contributed by atoms with Gasteiger partial charge in [-0.1, -0.05) is 43.3 Å². The Morgan fingerprint density at radius 1 is 1.10 bits per heavy atom. The highest BCUT2D eigenvalue weighted by atomic mass is 32.1. The summed E-state index contributed by atoms with van der Waals surface area (Å²) in [6, 6.07) is 9.79. The van der Waals surface area contributed by atoms with Gasteiger partial charge in [0.15, 0.2) is 0 Å². The Balaban J connectivity index is 1.48. The lowest BCUT2D eigenvalue weighted by atomic mass is 10.1. The summed E-state index contributed by atoms with van der Waals surface area (Å²) < 4.78 is 5.22. The number of aryl methyl sites for hydroxylation is 4. The van der Waals surface area contributed by atoms with E-state index in [-0.39, 0.29) is 18.2 Å². The monoisotopic (exact) mass is 412 g/mol. The minimum atomic E-state index is -0.325. The van der Waals surface area contributed by atoms with Crippen molar-refractivity contribution in [2.75, 3.05) is 0 Å². The normalized spacial score (nSPS) is 10.7. The molecule has 0 saturated heterocycles. The van der Waals surface area contributed by atoms with Gasteiger partial charge < -0.3 is 4.52 Å². The minimum Gasteiger partial charge on any atom is -0.339 e. The van der Waals surface area contributed by atoms with Gasteiger partial charge in [0.1, 0.15) is 0 Å². The molecule has 0 aliphatic carbocycles. The van der Waals surface area contributed by atoms with Crippen molar-refractivity contribution in [1.29, 1.82) is 0 Å². The van der Waals surface area contributed by atoms with Gasteiger partial charge in [-0.15, -0.1) is 11.3 Å². The smallest absolute Gasteiger partial charge is 0.279 e. The number of amides is 2. The van der Waals surface area contributed by atoms with Crippen LogP contribution in [0.25, 0.3) is 11.4 Å². The molecule has 2 heterocycles. The van der Waals surface area contributed by atoms with Crippen molar-refractivity contribution in [3.8, 4) is 11.4 Å². The largest absolute Gasteiger partial charge is 0.339 e. The van der Waals surface area contributed by atoms with Crippen LogP contribution in [0.5, 0.6) is 0 Å². The van der Waals surface area contributed by atoms with Crippen LogP contribution in [-0.2, 0) is 24.1 Å². The first-order valence-electron chi connectivity index (χ1n) is 9.60. The molecule has 0 radical (unpaired) electrons. The molecule has 0 saturated carbocycles. The lowest BCUT2D eigenvalue weighted by Crippen LogP contribution is -2.41. The van der Waals surface area contributed by atoms with E-state index in [2.05, 4.69) is 27.9 Å². The molecule has 0 unspecified atom stereocenters. The van der Waals surface area contributed by atoms with Crippen LogP contribution in [-0.4, -0.2) is 22.0 Å². The molecule has 0 spiro atoms. The van der Waals surface area contributed by atoms with Crippen LogP contribution < -0.4 is 10.9 Å². The number of carbonyl (C=O) groups is 2. The molecule has 8 heteroatoms. The van der Waals surface area contributed by atoms with Gasteiger partial charge in [0.25, 0.3) is 5.91 Å². The number of aromatic nitrogens is 2. The second-order valence-corrected chi connectivity index (χ2v) is 7.77. The van der Waals surface area contributed by atoms with Crippen LogP contribution in [0.2, 0.25) is 0 Å². The summed E-state index contributed by atoms with van der Waals surface area (Å²) in [6.07, 6.45) is 2.26. The van der Waals surface area contributed by atoms with Crippen LogP contribution in [0.15, 0.2) is 34.9 Å². The maximum atomic E-state index is 12.2. The van der Waals surface area contributed by atoms with E-state index in [9.17, 15) is 9.59 Å². The Bertz CT molecular complexity index is 992. The van der Waals surface area contributed by atoms with E-state index in [1.165, 1.54) is 16.9 Å². The van der Waals surface area contributed by atoms with Gasteiger partial charge in [0, 0.05) is 23.3 Å². The Hall–Kier alpha value is -3.00. The summed E-state index contributed by atoms with van der Waals surface area (Å²) in [5, 5.41) is 3.97. The van der Waals surface area contributed by atoms with Gasteiger partial charge in [0.05, 0.1) is 4.88 Å². The van der Waals surface area contributed by atoms with Crippen molar-refractivity contribution in [2.45, 2.75) is 46.5 Å². The summed E-state index contributed by atoms with van der Waals surface area (Å²) in [5.74, 6) is 0.231. The molecule has 1 aromatic carbocycles. The molecule has 0 fully saturated rings. The van der Waals surface area contributed by atoms with E-state index in [1.54, 1.807) is 0 Å². The van der Waals surface area contributed by atoms with Gasteiger partial charge in [-0.3, -0.25) is 20.4 Å². The van der Waals surface area contributed by atoms with E-state index in [1.807, 2.05) is 44.2 Å². The number of hydrazine groups is 1. The number of rotatable bonds is 7. The van der Waals surface area contributed by atoms with Gasteiger partial charge in [0.2, 0.25) is 17.6 Å². The van der Waals surface area contributed by atoms with Crippen molar-refractivity contribution < 1.29 is 14.1 Å². The summed E-state index contributed by atoms with van der Waals surface area (Å²) in [6.45, 7) is 6.12. The molecular weight excluding hydrogens is 388 g/mol. The molecule has 0 aliphatic rings. The summed E-state index contributed by atoms with van der Waals surface area (Å²) >= 11 is 1.44. The zero-order valence-corrected chi connectivity index (χ0v) is 17.6. The van der Waals surface area contributed by atoms with Gasteiger partial charge in [-0.05, 0) is 37.0 Å². The maximum Gasteiger partial charge on any atom is 0.279 e. The molecule has 3 rings (SSSR count). The lowest BCUT2D eigenvalue weighted by molar-refractivity contribution is -0.121. The highest BCUT2D eigenvalue weighted by Gasteiger charge is 2.14. The minimum absolute atomic E-state index is 0.125. The molecule has 2 amide bonds. The van der Waals surface area contributed by atoms with Crippen LogP contribution in [0.4, 0.5) is 0 Å². The predicted molar refractivity (Wildman–Crippen MR) is 111 cm³/mol. The molecular formula is C21H24N4O3S. The Labute approximate surface area is 173 Å². The Morgan fingerprint density at radius 2 is 1.86 bits per heavy atom. The molecule has 3 aromatic rings. The summed E-state index contributed by atoms with van der Waals surface area (Å²) in [4.78, 5) is 30.2. The number of hydrogen-bond donors (Lipinski definition) is 2. The molecule has 0 atom stereocenters. The van der Waals surface area contributed by atoms with Gasteiger partial charge >= 0.3 is 0 Å². The predicted octanol–water partition coefficient (Wildman–Crippen LogP) is 3.63. The Kier molecular flexibility index (Phi) is 6.77. The van der Waals surface area contributed by atoms with E-state index in [0.717, 1.165) is 28.8 Å². The fourth-order valence-corrected chi connectivity index (χ4v) is 3.83. The molecule has 0 aliphatic heterocycles. The van der Waals surface area contributed by atoms with Gasteiger partial charge in [-0.25, -0.2) is 0 Å². The molecule has 29 heavy (non-hydrogen) atoms. The number of nitrogens with zero attached hydrogens (tertiary/aromatic N) is 2. The zero-order valence-electron chi connectivity index (χ0n) is 16.7. The van der Waals surface area contributed by atoms with Crippen LogP contribution in [0.3, 0.4) is 0 Å². The first-order valence-corrected chi connectivity index (χ1v) is 10.4. The van der Waals surface area contributed by atoms with Crippen molar-refractivity contribution >= 4 is 23.2 Å². The third-order valence-electron chi connectivity index (χ3n) is 4.54. The fraction of sp³-hybridized carbons (Fsp3) is 0.333. The first kappa shape index (κ1) is 20.7. The molecule has 2 N–H and O–H groups in total. The quantitative estimate of drug-likeness (QED) is 0.578. The zero-order chi connectivity index (χ0) is 20.8. The van der Waals surface area contributed by atoms with E-state index in [0.29, 0.717) is 23.0 Å². The van der Waals surface area contributed by atoms with Crippen molar-refractivity contribution in [3.63, 3.8) is 0 Å². The fourth-order valence-electron chi connectivity index (χ4n) is 2.82. The third-order valence-corrected chi connectivity index (χ3v) is 5.92. The second-order valence-electron chi connectivity index (χ2n) is 6.63. The summed E-state index contributed by atoms with van der Waals surface area (Å²) in [7, 11) is 0. The van der Waals surface area contributed by atoms with Crippen molar-refractivity contribution in [2.24, 2.45) is 0 Å². The Morgan fingerprint density at radius 3 is 2.52 bits per heavy atom. The number of carbonyl (C=O) groups excluding carboxylic acids is 2. The average molecular weight is 413 g/mol. The number of benzene rings is 1. The highest BCUT2D eigenvalue weighted by molar-refractivity contribution is 7.14. The van der Waals surface area contributed by atoms with Gasteiger partial charge in [-0.2, -0.15) is 4.98 Å². The number of thiophene rings is 1. The van der Waals surface area contributed by atoms with Crippen LogP contribution >= 0.6 is 11.3 Å². The standard InChI is InChI=1S/C21H24N4O3S/c1-4-14-6-8-15(9-7-14)20-22-19(28-25-20)11-10-18(26)23-24-21(27)17-12-13(3)16(5-2)29-17/h6-9,12H,4-5,10-11H2,1-3H3,(H,23,26)(H,24,27). The van der Waals surface area contributed by atoms with Crippen LogP contribution in [0.1, 0.15) is 51.8 Å². The highest BCUT2D eigenvalue weighted by Crippen LogP contribution is 2.22. The van der Waals surface area contributed by atoms with Crippen molar-refractivity contribution in [1.82, 2.24) is 21.0 Å². The summed E-state index contributed by atoms with van der Waals surface area (Å²) in [5.41, 5.74) is 8.07. The molecule has 152 valence electrons. The maximum absolute atomic E-state index is 12.2. The SMILES string of the molecule is CCc1ccc(-c2noc(CCC(=O)NNC(=O)c3cc(C)c(CC)s3)n2)cc1. The second kappa shape index (κ2) is 9.47. The molecule has 7 nitrogen and oxygen atoms in total. The van der Waals surface area contributed by atoms with Crippen LogP contribution in [0, 0.1) is 6.92 Å². The third kappa shape index (κ3) is 5.29. The number of nitrogens with one attached hydrogen (secondary N) is 2. The first-order chi connectivity index (χ1) is 14.0. The lowest BCUT2D eigenvalue weighted by Gasteiger charge is -2.05. The molecule has 2 aromatic heterocycles. The van der Waals surface area contributed by atoms with Crippen molar-refractivity contribution in [3.05, 3.63) is 57.1 Å². The average Bonchev–Trinajstić information content (AvgIpc) is 3.37. The number of hydrogen-bond acceptors (Lipinski definition) is 6.